The molecule has 0 spiro atoms. The monoisotopic (exact) mass is 300 g/mol. The minimum Gasteiger partial charge on any atom is -0.472 e. The number of thiophene rings is 1. The Kier molecular flexibility index (Phi) is 3.81. The molecule has 3 N–H and O–H groups in total. The largest absolute Gasteiger partial charge is 0.472 e. The van der Waals surface area contributed by atoms with Crippen LogP contribution in [-0.2, 0) is 6.42 Å². The molecule has 2 aromatic rings. The van der Waals surface area contributed by atoms with Gasteiger partial charge in [0.05, 0.1) is 22.4 Å². The standard InChI is InChI=1S/C11H13BrN2OS/c1-7-4-10(16-11(7)12)9(14-13)5-8-2-3-15-6-8/h2-4,6,9,14H,5,13H2,1H3. The number of furan rings is 1. The Hall–Kier alpha value is -0.620. The Morgan fingerprint density at radius 2 is 2.44 bits per heavy atom. The van der Waals surface area contributed by atoms with Crippen molar-refractivity contribution in [2.24, 2.45) is 5.84 Å². The van der Waals surface area contributed by atoms with Gasteiger partial charge in [-0.3, -0.25) is 11.3 Å². The summed E-state index contributed by atoms with van der Waals surface area (Å²) >= 11 is 5.24. The first-order chi connectivity index (χ1) is 7.70. The summed E-state index contributed by atoms with van der Waals surface area (Å²) in [5.41, 5.74) is 5.23. The third-order valence-electron chi connectivity index (χ3n) is 2.44. The van der Waals surface area contributed by atoms with Gasteiger partial charge in [-0.25, -0.2) is 0 Å². The number of hydrazine groups is 1. The zero-order valence-electron chi connectivity index (χ0n) is 8.87. The van der Waals surface area contributed by atoms with E-state index in [2.05, 4.69) is 34.3 Å². The lowest BCUT2D eigenvalue weighted by Gasteiger charge is -2.12. The highest BCUT2D eigenvalue weighted by atomic mass is 79.9. The van der Waals surface area contributed by atoms with Gasteiger partial charge in [-0.2, -0.15) is 0 Å². The number of nitrogens with two attached hydrogens (primary N) is 1. The van der Waals surface area contributed by atoms with E-state index in [9.17, 15) is 0 Å². The summed E-state index contributed by atoms with van der Waals surface area (Å²) in [7, 11) is 0. The maximum absolute atomic E-state index is 5.59. The van der Waals surface area contributed by atoms with Gasteiger partial charge >= 0.3 is 0 Å². The lowest BCUT2D eigenvalue weighted by molar-refractivity contribution is 0.541. The van der Waals surface area contributed by atoms with E-state index in [-0.39, 0.29) is 6.04 Å². The third kappa shape index (κ3) is 2.55. The first kappa shape index (κ1) is 11.9. The molecule has 0 amide bonds. The van der Waals surface area contributed by atoms with Crippen LogP contribution in [0, 0.1) is 6.92 Å². The third-order valence-corrected chi connectivity index (χ3v) is 4.69. The highest BCUT2D eigenvalue weighted by molar-refractivity contribution is 9.11. The summed E-state index contributed by atoms with van der Waals surface area (Å²) in [4.78, 5) is 1.23. The van der Waals surface area contributed by atoms with E-state index in [4.69, 9.17) is 10.3 Å². The fourth-order valence-electron chi connectivity index (χ4n) is 1.54. The summed E-state index contributed by atoms with van der Waals surface area (Å²) in [5.74, 6) is 5.59. The van der Waals surface area contributed by atoms with Gasteiger partial charge in [0.25, 0.3) is 0 Å². The number of aryl methyl sites for hydroxylation is 1. The second kappa shape index (κ2) is 5.14. The maximum Gasteiger partial charge on any atom is 0.0935 e. The second-order valence-corrected chi connectivity index (χ2v) is 6.06. The summed E-state index contributed by atoms with van der Waals surface area (Å²) in [5, 5.41) is 0. The van der Waals surface area contributed by atoms with E-state index in [1.54, 1.807) is 23.9 Å². The number of nitrogens with one attached hydrogen (secondary N) is 1. The first-order valence-electron chi connectivity index (χ1n) is 4.93. The highest BCUT2D eigenvalue weighted by Crippen LogP contribution is 2.32. The van der Waals surface area contributed by atoms with Crippen LogP contribution in [0.25, 0.3) is 0 Å². The molecular formula is C11H13BrN2OS. The summed E-state index contributed by atoms with van der Waals surface area (Å²) in [6.07, 6.45) is 4.26. The van der Waals surface area contributed by atoms with E-state index in [0.717, 1.165) is 15.8 Å². The van der Waals surface area contributed by atoms with E-state index < -0.39 is 0 Å². The van der Waals surface area contributed by atoms with Gasteiger partial charge in [0.2, 0.25) is 0 Å². The predicted octanol–water partition coefficient (Wildman–Crippen LogP) is 3.16. The van der Waals surface area contributed by atoms with Crippen molar-refractivity contribution in [2.45, 2.75) is 19.4 Å². The predicted molar refractivity (Wildman–Crippen MR) is 69.2 cm³/mol. The van der Waals surface area contributed by atoms with Crippen molar-refractivity contribution in [3.8, 4) is 0 Å². The molecule has 0 aliphatic heterocycles. The molecule has 0 saturated heterocycles. The topological polar surface area (TPSA) is 51.2 Å². The van der Waals surface area contributed by atoms with Crippen LogP contribution in [0.5, 0.6) is 0 Å². The molecule has 0 radical (unpaired) electrons. The Bertz CT molecular complexity index is 433. The van der Waals surface area contributed by atoms with Crippen LogP contribution < -0.4 is 11.3 Å². The van der Waals surface area contributed by atoms with E-state index >= 15 is 0 Å². The molecule has 1 atom stereocenters. The van der Waals surface area contributed by atoms with Gasteiger partial charge in [0.1, 0.15) is 0 Å². The molecule has 2 heterocycles. The molecule has 0 aromatic carbocycles. The Labute approximate surface area is 107 Å². The van der Waals surface area contributed by atoms with Crippen LogP contribution in [0.4, 0.5) is 0 Å². The number of hydrogen-bond acceptors (Lipinski definition) is 4. The number of halogens is 1. The summed E-state index contributed by atoms with van der Waals surface area (Å²) in [6.45, 7) is 2.08. The van der Waals surface area contributed by atoms with Crippen LogP contribution in [0.2, 0.25) is 0 Å². The highest BCUT2D eigenvalue weighted by Gasteiger charge is 2.15. The molecule has 0 fully saturated rings. The fraction of sp³-hybridized carbons (Fsp3) is 0.273. The molecule has 5 heteroatoms. The Morgan fingerprint density at radius 3 is 2.94 bits per heavy atom. The molecule has 86 valence electrons. The molecule has 0 aliphatic carbocycles. The van der Waals surface area contributed by atoms with Crippen LogP contribution in [0.15, 0.2) is 32.9 Å². The van der Waals surface area contributed by atoms with Gasteiger partial charge in [-0.1, -0.05) is 0 Å². The van der Waals surface area contributed by atoms with Crippen LogP contribution >= 0.6 is 27.3 Å². The SMILES string of the molecule is Cc1cc(C(Cc2ccoc2)NN)sc1Br. The fourth-order valence-corrected chi connectivity index (χ4v) is 3.17. The van der Waals surface area contributed by atoms with Crippen molar-refractivity contribution >= 4 is 27.3 Å². The van der Waals surface area contributed by atoms with Crippen LogP contribution in [0.1, 0.15) is 22.0 Å². The van der Waals surface area contributed by atoms with E-state index in [1.807, 2.05) is 6.07 Å². The molecule has 0 saturated carbocycles. The van der Waals surface area contributed by atoms with Gasteiger partial charge < -0.3 is 4.42 Å². The van der Waals surface area contributed by atoms with Crippen molar-refractivity contribution in [3.63, 3.8) is 0 Å². The van der Waals surface area contributed by atoms with Crippen molar-refractivity contribution in [2.75, 3.05) is 0 Å². The van der Waals surface area contributed by atoms with E-state index in [0.29, 0.717) is 0 Å². The van der Waals surface area contributed by atoms with Crippen molar-refractivity contribution in [1.29, 1.82) is 0 Å². The lowest BCUT2D eigenvalue weighted by atomic mass is 10.1. The summed E-state index contributed by atoms with van der Waals surface area (Å²) in [6, 6.07) is 4.24. The van der Waals surface area contributed by atoms with Crippen LogP contribution in [0.3, 0.4) is 0 Å². The lowest BCUT2D eigenvalue weighted by Crippen LogP contribution is -2.28. The van der Waals surface area contributed by atoms with Gasteiger partial charge in [-0.15, -0.1) is 11.3 Å². The molecule has 0 bridgehead atoms. The second-order valence-electron chi connectivity index (χ2n) is 3.66. The molecule has 3 nitrogen and oxygen atoms in total. The van der Waals surface area contributed by atoms with Gasteiger partial charge in [-0.05, 0) is 52.5 Å². The van der Waals surface area contributed by atoms with Crippen molar-refractivity contribution in [1.82, 2.24) is 5.43 Å². The molecule has 0 aliphatic rings. The van der Waals surface area contributed by atoms with Crippen LogP contribution in [-0.4, -0.2) is 0 Å². The quantitative estimate of drug-likeness (QED) is 0.674. The van der Waals surface area contributed by atoms with E-state index in [1.165, 1.54) is 10.4 Å². The normalized spacial score (nSPS) is 12.9. The Morgan fingerprint density at radius 1 is 1.62 bits per heavy atom. The van der Waals surface area contributed by atoms with Crippen molar-refractivity contribution < 1.29 is 4.42 Å². The van der Waals surface area contributed by atoms with Crippen molar-refractivity contribution in [3.05, 3.63) is 44.4 Å². The average Bonchev–Trinajstić information content (AvgIpc) is 2.86. The minimum atomic E-state index is 0.132. The Balaban J connectivity index is 2.16. The molecule has 16 heavy (non-hydrogen) atoms. The number of rotatable bonds is 4. The average molecular weight is 301 g/mol. The zero-order valence-corrected chi connectivity index (χ0v) is 11.3. The number of hydrogen-bond donors (Lipinski definition) is 2. The molecule has 2 aromatic heterocycles. The smallest absolute Gasteiger partial charge is 0.0935 e. The maximum atomic E-state index is 5.59. The molecular weight excluding hydrogens is 288 g/mol. The van der Waals surface area contributed by atoms with Gasteiger partial charge in [0, 0.05) is 4.88 Å². The first-order valence-corrected chi connectivity index (χ1v) is 6.54. The minimum absolute atomic E-state index is 0.132. The molecule has 2 rings (SSSR count). The summed E-state index contributed by atoms with van der Waals surface area (Å²) < 4.78 is 6.21. The van der Waals surface area contributed by atoms with Gasteiger partial charge in [0.15, 0.2) is 0 Å². The zero-order chi connectivity index (χ0) is 11.5. The molecule has 1 unspecified atom stereocenters.